The van der Waals surface area contributed by atoms with E-state index < -0.39 is 6.09 Å². The Morgan fingerprint density at radius 3 is 2.53 bits per heavy atom. The lowest BCUT2D eigenvalue weighted by molar-refractivity contribution is 0.0193. The quantitative estimate of drug-likeness (QED) is 0.171. The average Bonchev–Trinajstić information content (AvgIpc) is 3.85. The summed E-state index contributed by atoms with van der Waals surface area (Å²) in [4.78, 5) is 56.1. The number of carbonyl (C=O) groups excluding carboxylic acids is 3. The molecular formula is C46H47N7O6. The molecule has 59 heavy (non-hydrogen) atoms. The van der Waals surface area contributed by atoms with Gasteiger partial charge in [0.15, 0.2) is 5.75 Å². The number of ether oxygens (including phenoxy) is 2. The SMILES string of the molecule is Cc1c(C(=O)NCc2ccc(O)cc2)cc(-c2cc3c(cc2C(=O)N2Cc4ccccc4C[C@H]2CN2CCOCC2)CN(C(=O)Oc2cnc4[nH]ccc4c2)CC3)n1C. The number of aromatic nitrogens is 3. The average molecular weight is 794 g/mol. The second-order valence-corrected chi connectivity index (χ2v) is 15.7. The summed E-state index contributed by atoms with van der Waals surface area (Å²) in [5, 5.41) is 13.6. The minimum Gasteiger partial charge on any atom is -0.508 e. The number of aromatic amines is 1. The number of H-pyrrole nitrogens is 1. The molecule has 3 aliphatic rings. The molecule has 9 rings (SSSR count). The molecule has 13 heteroatoms. The van der Waals surface area contributed by atoms with Gasteiger partial charge in [-0.2, -0.15) is 0 Å². The van der Waals surface area contributed by atoms with Gasteiger partial charge in [-0.15, -0.1) is 0 Å². The van der Waals surface area contributed by atoms with E-state index in [-0.39, 0.29) is 30.2 Å². The van der Waals surface area contributed by atoms with Crippen LogP contribution in [0, 0.1) is 6.92 Å². The first-order valence-corrected chi connectivity index (χ1v) is 20.1. The van der Waals surface area contributed by atoms with Crippen molar-refractivity contribution in [1.82, 2.24) is 34.6 Å². The fraction of sp³-hybridized carbons (Fsp3) is 0.304. The minimum atomic E-state index is -0.483. The van der Waals surface area contributed by atoms with E-state index in [9.17, 15) is 14.7 Å². The van der Waals surface area contributed by atoms with Crippen molar-refractivity contribution in [2.24, 2.45) is 7.05 Å². The van der Waals surface area contributed by atoms with E-state index in [2.05, 4.69) is 44.5 Å². The van der Waals surface area contributed by atoms with Crippen LogP contribution in [0.5, 0.6) is 11.5 Å². The number of fused-ring (bicyclic) bond motifs is 3. The summed E-state index contributed by atoms with van der Waals surface area (Å²) in [5.41, 5.74) is 9.13. The van der Waals surface area contributed by atoms with Crippen molar-refractivity contribution in [2.45, 2.75) is 45.4 Å². The smallest absolute Gasteiger partial charge is 0.415 e. The van der Waals surface area contributed by atoms with Gasteiger partial charge in [0.1, 0.15) is 11.4 Å². The molecule has 0 aliphatic carbocycles. The maximum Gasteiger partial charge on any atom is 0.415 e. The van der Waals surface area contributed by atoms with E-state index in [4.69, 9.17) is 9.47 Å². The predicted molar refractivity (Wildman–Crippen MR) is 222 cm³/mol. The number of carbonyl (C=O) groups is 3. The van der Waals surface area contributed by atoms with Crippen LogP contribution < -0.4 is 10.1 Å². The molecule has 3 aliphatic heterocycles. The van der Waals surface area contributed by atoms with Gasteiger partial charge in [-0.3, -0.25) is 14.5 Å². The van der Waals surface area contributed by atoms with Crippen LogP contribution in [0.25, 0.3) is 22.3 Å². The van der Waals surface area contributed by atoms with Gasteiger partial charge in [0, 0.05) is 93.0 Å². The van der Waals surface area contributed by atoms with Gasteiger partial charge in [-0.05, 0) is 90.0 Å². The van der Waals surface area contributed by atoms with Crippen LogP contribution in [-0.2, 0) is 44.3 Å². The van der Waals surface area contributed by atoms with Gasteiger partial charge in [-0.1, -0.05) is 36.4 Å². The van der Waals surface area contributed by atoms with Crippen molar-refractivity contribution >= 4 is 28.9 Å². The maximum absolute atomic E-state index is 15.4. The summed E-state index contributed by atoms with van der Waals surface area (Å²) >= 11 is 0. The fourth-order valence-electron chi connectivity index (χ4n) is 8.60. The second kappa shape index (κ2) is 16.1. The Morgan fingerprint density at radius 2 is 1.71 bits per heavy atom. The van der Waals surface area contributed by atoms with Gasteiger partial charge in [0.05, 0.1) is 25.0 Å². The van der Waals surface area contributed by atoms with Crippen LogP contribution in [0.4, 0.5) is 4.79 Å². The first-order valence-electron chi connectivity index (χ1n) is 20.1. The van der Waals surface area contributed by atoms with Crippen LogP contribution in [0.2, 0.25) is 0 Å². The molecule has 3 N–H and O–H groups in total. The first-order chi connectivity index (χ1) is 28.7. The Balaban J connectivity index is 1.06. The normalized spacial score (nSPS) is 16.7. The van der Waals surface area contributed by atoms with Gasteiger partial charge < -0.3 is 39.2 Å². The Labute approximate surface area is 342 Å². The first kappa shape index (κ1) is 38.1. The molecule has 13 nitrogen and oxygen atoms in total. The molecule has 0 saturated carbocycles. The summed E-state index contributed by atoms with van der Waals surface area (Å²) in [6.45, 7) is 7.05. The van der Waals surface area contributed by atoms with Crippen LogP contribution in [-0.4, -0.2) is 97.7 Å². The summed E-state index contributed by atoms with van der Waals surface area (Å²) in [7, 11) is 1.92. The third kappa shape index (κ3) is 7.78. The number of rotatable bonds is 8. The monoisotopic (exact) mass is 793 g/mol. The highest BCUT2D eigenvalue weighted by atomic mass is 16.6. The van der Waals surface area contributed by atoms with E-state index >= 15 is 4.79 Å². The minimum absolute atomic E-state index is 0.0757. The Bertz CT molecular complexity index is 2550. The highest BCUT2D eigenvalue weighted by Crippen LogP contribution is 2.36. The molecule has 0 radical (unpaired) electrons. The van der Waals surface area contributed by atoms with Gasteiger partial charge >= 0.3 is 6.09 Å². The van der Waals surface area contributed by atoms with Gasteiger partial charge in [0.2, 0.25) is 0 Å². The third-order valence-corrected chi connectivity index (χ3v) is 12.1. The molecule has 1 saturated heterocycles. The van der Waals surface area contributed by atoms with Crippen molar-refractivity contribution in [3.05, 3.63) is 136 Å². The lowest BCUT2D eigenvalue weighted by Crippen LogP contribution is -2.52. The second-order valence-electron chi connectivity index (χ2n) is 15.7. The van der Waals surface area contributed by atoms with E-state index in [0.29, 0.717) is 61.8 Å². The van der Waals surface area contributed by atoms with Crippen molar-refractivity contribution in [3.63, 3.8) is 0 Å². The Kier molecular flexibility index (Phi) is 10.4. The molecule has 6 aromatic rings. The van der Waals surface area contributed by atoms with Crippen LogP contribution in [0.3, 0.4) is 0 Å². The van der Waals surface area contributed by atoms with Crippen molar-refractivity contribution in [2.75, 3.05) is 39.4 Å². The highest BCUT2D eigenvalue weighted by molar-refractivity contribution is 6.03. The van der Waals surface area contributed by atoms with Crippen LogP contribution in [0.15, 0.2) is 91.3 Å². The molecular weight excluding hydrogens is 747 g/mol. The molecule has 3 aromatic heterocycles. The number of phenols is 1. The number of benzene rings is 3. The molecule has 1 fully saturated rings. The number of amides is 3. The van der Waals surface area contributed by atoms with E-state index in [0.717, 1.165) is 70.6 Å². The molecule has 302 valence electrons. The number of morpholine rings is 1. The summed E-state index contributed by atoms with van der Waals surface area (Å²) in [6.07, 6.45) is 4.13. The third-order valence-electron chi connectivity index (χ3n) is 12.1. The Hall–Kier alpha value is -6.44. The number of hydrogen-bond donors (Lipinski definition) is 3. The fourth-order valence-corrected chi connectivity index (χ4v) is 8.60. The molecule has 6 heterocycles. The van der Waals surface area contributed by atoms with Crippen molar-refractivity contribution < 1.29 is 29.0 Å². The standard InChI is InChI=1S/C46H47N7O6/c1-29-39(44(55)49-24-30-7-9-37(54)10-8-30)23-42(50(29)2)40-21-32-12-14-52(46(57)59-38-20-33-11-13-47-43(33)48-25-38)26-35(32)22-41(40)45(56)53-27-34-6-4-3-5-31(34)19-36(53)28-51-15-17-58-18-16-51/h3-11,13,20-23,25,36,54H,12,14-19,24,26-28H2,1-2H3,(H,47,48)(H,49,55)/t36-/m0/s1. The molecule has 0 bridgehead atoms. The molecule has 1 atom stereocenters. The molecule has 3 aromatic carbocycles. The number of hydrogen-bond acceptors (Lipinski definition) is 8. The molecule has 0 spiro atoms. The van der Waals surface area contributed by atoms with Crippen molar-refractivity contribution in [1.29, 1.82) is 0 Å². The van der Waals surface area contributed by atoms with Gasteiger partial charge in [0.25, 0.3) is 11.8 Å². The largest absolute Gasteiger partial charge is 0.508 e. The zero-order valence-corrected chi connectivity index (χ0v) is 33.2. The van der Waals surface area contributed by atoms with Crippen molar-refractivity contribution in [3.8, 4) is 22.8 Å². The number of pyridine rings is 1. The van der Waals surface area contributed by atoms with Crippen LogP contribution in [0.1, 0.15) is 54.2 Å². The predicted octanol–water partition coefficient (Wildman–Crippen LogP) is 5.97. The topological polar surface area (TPSA) is 145 Å². The lowest BCUT2D eigenvalue weighted by atomic mass is 9.89. The number of nitrogens with zero attached hydrogens (tertiary/aromatic N) is 5. The van der Waals surface area contributed by atoms with E-state index in [1.807, 2.05) is 47.7 Å². The molecule has 3 amide bonds. The zero-order valence-electron chi connectivity index (χ0n) is 33.2. The zero-order chi connectivity index (χ0) is 40.6. The number of aromatic hydroxyl groups is 1. The summed E-state index contributed by atoms with van der Waals surface area (Å²) in [6, 6.07) is 24.6. The van der Waals surface area contributed by atoms with Gasteiger partial charge in [-0.25, -0.2) is 9.78 Å². The lowest BCUT2D eigenvalue weighted by Gasteiger charge is -2.41. The number of phenolic OH excluding ortho intramolecular Hbond substituents is 1. The summed E-state index contributed by atoms with van der Waals surface area (Å²) in [5.74, 6) is 0.189. The Morgan fingerprint density at radius 1 is 0.915 bits per heavy atom. The summed E-state index contributed by atoms with van der Waals surface area (Å²) < 4.78 is 13.4. The number of nitrogens with one attached hydrogen (secondary N) is 2. The van der Waals surface area contributed by atoms with E-state index in [1.54, 1.807) is 41.4 Å². The van der Waals surface area contributed by atoms with E-state index in [1.165, 1.54) is 11.8 Å². The van der Waals surface area contributed by atoms with Crippen LogP contribution >= 0.6 is 0 Å². The maximum atomic E-state index is 15.4. The molecule has 0 unspecified atom stereocenters. The highest BCUT2D eigenvalue weighted by Gasteiger charge is 2.35.